The third kappa shape index (κ3) is 5.20. The smallest absolute Gasteiger partial charge is 0.227 e. The first kappa shape index (κ1) is 23.8. The number of piperidine rings is 1. The van der Waals surface area contributed by atoms with Gasteiger partial charge in [0.15, 0.2) is 0 Å². The van der Waals surface area contributed by atoms with Crippen LogP contribution < -0.4 is 4.90 Å². The molecule has 35 heavy (non-hydrogen) atoms. The number of hydrogen-bond donors (Lipinski definition) is 0. The van der Waals surface area contributed by atoms with Gasteiger partial charge < -0.3 is 14.7 Å². The van der Waals surface area contributed by atoms with Crippen molar-refractivity contribution >= 4 is 29.1 Å². The maximum absolute atomic E-state index is 13.9. The van der Waals surface area contributed by atoms with Crippen LogP contribution in [0.1, 0.15) is 43.7 Å². The van der Waals surface area contributed by atoms with Crippen LogP contribution in [0.3, 0.4) is 0 Å². The number of anilines is 1. The Labute approximate surface area is 211 Å². The number of rotatable bonds is 3. The number of likely N-dealkylation sites (tertiary alicyclic amines) is 1. The van der Waals surface area contributed by atoms with E-state index in [2.05, 4.69) is 32.7 Å². The van der Waals surface area contributed by atoms with E-state index in [0.717, 1.165) is 74.4 Å². The van der Waals surface area contributed by atoms with Crippen molar-refractivity contribution in [2.45, 2.75) is 45.6 Å². The summed E-state index contributed by atoms with van der Waals surface area (Å²) in [7, 11) is 0. The molecule has 1 aromatic carbocycles. The Bertz CT molecular complexity index is 1170. The SMILES string of the molecule is Cc1cc(C2=NC(N3CCCCC3C)=NC(N3CCN(c4ncccc4Cl)CC3)=CC2)ccc1F. The van der Waals surface area contributed by atoms with Crippen molar-refractivity contribution < 1.29 is 4.39 Å². The molecule has 6 nitrogen and oxygen atoms in total. The molecule has 0 N–H and O–H groups in total. The Morgan fingerprint density at radius 2 is 1.80 bits per heavy atom. The molecule has 3 aliphatic rings. The topological polar surface area (TPSA) is 47.3 Å². The van der Waals surface area contributed by atoms with Crippen molar-refractivity contribution in [3.8, 4) is 0 Å². The van der Waals surface area contributed by atoms with Gasteiger partial charge in [-0.15, -0.1) is 0 Å². The number of halogens is 2. The molecule has 1 unspecified atom stereocenters. The molecular formula is C27H32ClFN6. The van der Waals surface area contributed by atoms with Gasteiger partial charge in [-0.2, -0.15) is 4.99 Å². The standard InChI is InChI=1S/C27H32ClFN6/c1-19-18-21(8-9-23(19)29)24-10-11-25(32-27(31-24)35-13-4-3-6-20(35)2)33-14-16-34(17-15-33)26-22(28)7-5-12-30-26/h5,7-9,11-12,18,20H,3-4,6,10,13-17H2,1-2H3. The fourth-order valence-electron chi connectivity index (χ4n) is 5.01. The number of guanidine groups is 1. The number of pyridine rings is 1. The van der Waals surface area contributed by atoms with Gasteiger partial charge in [-0.3, -0.25) is 0 Å². The fourth-order valence-corrected chi connectivity index (χ4v) is 5.26. The van der Waals surface area contributed by atoms with Crippen molar-refractivity contribution in [1.82, 2.24) is 14.8 Å². The molecule has 5 rings (SSSR count). The molecule has 8 heteroatoms. The first-order valence-electron chi connectivity index (χ1n) is 12.5. The molecule has 1 aromatic heterocycles. The largest absolute Gasteiger partial charge is 0.353 e. The van der Waals surface area contributed by atoms with Crippen LogP contribution in [0.25, 0.3) is 0 Å². The fraction of sp³-hybridized carbons (Fsp3) is 0.444. The normalized spacial score (nSPS) is 21.3. The van der Waals surface area contributed by atoms with E-state index in [0.29, 0.717) is 23.0 Å². The summed E-state index contributed by atoms with van der Waals surface area (Å²) < 4.78 is 13.9. The lowest BCUT2D eigenvalue weighted by molar-refractivity contribution is 0.254. The van der Waals surface area contributed by atoms with Gasteiger partial charge in [-0.25, -0.2) is 14.4 Å². The summed E-state index contributed by atoms with van der Waals surface area (Å²) in [5.41, 5.74) is 2.51. The highest BCUT2D eigenvalue weighted by Crippen LogP contribution is 2.26. The van der Waals surface area contributed by atoms with E-state index in [4.69, 9.17) is 21.6 Å². The van der Waals surface area contributed by atoms with Gasteiger partial charge >= 0.3 is 0 Å². The lowest BCUT2D eigenvalue weighted by Gasteiger charge is -2.38. The van der Waals surface area contributed by atoms with Crippen molar-refractivity contribution in [3.05, 3.63) is 70.4 Å². The highest BCUT2D eigenvalue weighted by Gasteiger charge is 2.27. The Kier molecular flexibility index (Phi) is 7.04. The van der Waals surface area contributed by atoms with E-state index in [1.54, 1.807) is 13.1 Å². The molecule has 0 spiro atoms. The average Bonchev–Trinajstić information content (AvgIpc) is 3.10. The van der Waals surface area contributed by atoms with Crippen LogP contribution in [0.2, 0.25) is 5.02 Å². The molecule has 3 aliphatic heterocycles. The molecule has 2 saturated heterocycles. The van der Waals surface area contributed by atoms with E-state index < -0.39 is 0 Å². The number of benzene rings is 1. The monoisotopic (exact) mass is 494 g/mol. The highest BCUT2D eigenvalue weighted by molar-refractivity contribution is 6.32. The molecule has 0 aliphatic carbocycles. The van der Waals surface area contributed by atoms with E-state index in [1.807, 2.05) is 24.3 Å². The minimum Gasteiger partial charge on any atom is -0.353 e. The Morgan fingerprint density at radius 1 is 1.00 bits per heavy atom. The number of aliphatic imine (C=N–C) groups is 2. The minimum absolute atomic E-state index is 0.191. The zero-order valence-corrected chi connectivity index (χ0v) is 21.2. The van der Waals surface area contributed by atoms with Crippen LogP contribution >= 0.6 is 11.6 Å². The second-order valence-corrected chi connectivity index (χ2v) is 9.93. The van der Waals surface area contributed by atoms with Gasteiger partial charge in [0.1, 0.15) is 17.5 Å². The molecule has 4 heterocycles. The second-order valence-electron chi connectivity index (χ2n) is 9.52. The first-order valence-corrected chi connectivity index (χ1v) is 12.9. The Hall–Kier alpha value is -2.93. The summed E-state index contributed by atoms with van der Waals surface area (Å²) >= 11 is 6.38. The van der Waals surface area contributed by atoms with Crippen molar-refractivity contribution in [3.63, 3.8) is 0 Å². The third-order valence-corrected chi connectivity index (χ3v) is 7.42. The number of aryl methyl sites for hydroxylation is 1. The lowest BCUT2D eigenvalue weighted by Crippen LogP contribution is -2.46. The number of allylic oxidation sites excluding steroid dienone is 1. The Balaban J connectivity index is 1.41. The third-order valence-electron chi connectivity index (χ3n) is 7.12. The van der Waals surface area contributed by atoms with Crippen LogP contribution in [-0.4, -0.2) is 65.2 Å². The zero-order valence-electron chi connectivity index (χ0n) is 20.4. The summed E-state index contributed by atoms with van der Waals surface area (Å²) in [6, 6.07) is 9.38. The summed E-state index contributed by atoms with van der Waals surface area (Å²) in [4.78, 5) is 21.5. The van der Waals surface area contributed by atoms with Crippen LogP contribution in [-0.2, 0) is 0 Å². The average molecular weight is 495 g/mol. The number of hydrogen-bond acceptors (Lipinski definition) is 6. The highest BCUT2D eigenvalue weighted by atomic mass is 35.5. The van der Waals surface area contributed by atoms with Gasteiger partial charge in [0.05, 0.1) is 10.7 Å². The minimum atomic E-state index is -0.191. The van der Waals surface area contributed by atoms with Crippen LogP contribution in [0.4, 0.5) is 10.2 Å². The summed E-state index contributed by atoms with van der Waals surface area (Å²) in [5, 5.41) is 0.682. The molecule has 2 fully saturated rings. The maximum Gasteiger partial charge on any atom is 0.227 e. The van der Waals surface area contributed by atoms with E-state index in [9.17, 15) is 4.39 Å². The molecule has 0 radical (unpaired) electrons. The molecule has 0 bridgehead atoms. The van der Waals surface area contributed by atoms with Crippen LogP contribution in [0.15, 0.2) is 58.4 Å². The predicted octanol–water partition coefficient (Wildman–Crippen LogP) is 5.27. The van der Waals surface area contributed by atoms with Gasteiger partial charge in [-0.1, -0.05) is 17.7 Å². The van der Waals surface area contributed by atoms with Crippen molar-refractivity contribution in [2.75, 3.05) is 37.6 Å². The predicted molar refractivity (Wildman–Crippen MR) is 141 cm³/mol. The molecule has 0 amide bonds. The zero-order chi connectivity index (χ0) is 24.4. The van der Waals surface area contributed by atoms with Gasteiger partial charge in [0, 0.05) is 51.4 Å². The first-order chi connectivity index (χ1) is 17.0. The molecule has 184 valence electrons. The van der Waals surface area contributed by atoms with E-state index >= 15 is 0 Å². The van der Waals surface area contributed by atoms with Crippen LogP contribution in [0, 0.1) is 12.7 Å². The van der Waals surface area contributed by atoms with Gasteiger partial charge in [0.25, 0.3) is 0 Å². The molecular weight excluding hydrogens is 463 g/mol. The number of aromatic nitrogens is 1. The van der Waals surface area contributed by atoms with E-state index in [1.165, 1.54) is 12.5 Å². The lowest BCUT2D eigenvalue weighted by atomic mass is 10.0. The van der Waals surface area contributed by atoms with Gasteiger partial charge in [0.2, 0.25) is 5.96 Å². The molecule has 0 saturated carbocycles. The quantitative estimate of drug-likeness (QED) is 0.583. The second kappa shape index (κ2) is 10.4. The summed E-state index contributed by atoms with van der Waals surface area (Å²) in [6.45, 7) is 8.31. The maximum atomic E-state index is 13.9. The number of nitrogens with zero attached hydrogens (tertiary/aromatic N) is 6. The van der Waals surface area contributed by atoms with Crippen molar-refractivity contribution in [1.29, 1.82) is 0 Å². The van der Waals surface area contributed by atoms with Crippen molar-refractivity contribution in [2.24, 2.45) is 9.98 Å². The van der Waals surface area contributed by atoms with Crippen LogP contribution in [0.5, 0.6) is 0 Å². The summed E-state index contributed by atoms with van der Waals surface area (Å²) in [6.07, 6.45) is 8.13. The molecule has 1 atom stereocenters. The molecule has 2 aromatic rings. The Morgan fingerprint density at radius 3 is 2.54 bits per heavy atom. The van der Waals surface area contributed by atoms with E-state index in [-0.39, 0.29) is 5.82 Å². The number of piperazine rings is 1. The summed E-state index contributed by atoms with van der Waals surface area (Å²) in [5.74, 6) is 2.38. The van der Waals surface area contributed by atoms with Gasteiger partial charge in [-0.05, 0) is 74.6 Å².